The molecule has 0 aliphatic carbocycles. The zero-order valence-electron chi connectivity index (χ0n) is 14.4. The summed E-state index contributed by atoms with van der Waals surface area (Å²) in [5.74, 6) is 0.168. The van der Waals surface area contributed by atoms with Crippen molar-refractivity contribution in [3.05, 3.63) is 63.3 Å². The van der Waals surface area contributed by atoms with Crippen molar-refractivity contribution in [3.63, 3.8) is 0 Å². The first-order chi connectivity index (χ1) is 12.1. The van der Waals surface area contributed by atoms with Gasteiger partial charge in [0.1, 0.15) is 11.5 Å². The normalized spacial score (nSPS) is 15.0. The predicted octanol–water partition coefficient (Wildman–Crippen LogP) is 5.56. The van der Waals surface area contributed by atoms with Gasteiger partial charge in [0.15, 0.2) is 5.76 Å². The third-order valence-electron chi connectivity index (χ3n) is 3.71. The van der Waals surface area contributed by atoms with E-state index in [1.807, 2.05) is 0 Å². The van der Waals surface area contributed by atoms with Gasteiger partial charge in [-0.15, -0.1) is 0 Å². The highest BCUT2D eigenvalue weighted by molar-refractivity contribution is 6.35. The van der Waals surface area contributed by atoms with Crippen molar-refractivity contribution in [1.29, 1.82) is 0 Å². The Hall–Kier alpha value is -2.30. The molecule has 0 aromatic heterocycles. The van der Waals surface area contributed by atoms with E-state index in [9.17, 15) is 9.59 Å². The number of carbonyl (C=O) groups excluding carboxylic acids is 2. The third kappa shape index (κ3) is 3.76. The summed E-state index contributed by atoms with van der Waals surface area (Å²) in [5, 5.41) is 0.918. The lowest BCUT2D eigenvalue weighted by molar-refractivity contribution is -0.143. The summed E-state index contributed by atoms with van der Waals surface area (Å²) >= 11 is 12.0. The quantitative estimate of drug-likeness (QED) is 0.382. The van der Waals surface area contributed by atoms with Gasteiger partial charge in [0.2, 0.25) is 5.78 Å². The van der Waals surface area contributed by atoms with E-state index in [2.05, 4.69) is 0 Å². The Balaban J connectivity index is 1.87. The average molecular weight is 391 g/mol. The molecule has 0 unspecified atom stereocenters. The van der Waals surface area contributed by atoms with E-state index in [1.165, 1.54) is 6.07 Å². The fourth-order valence-electron chi connectivity index (χ4n) is 2.25. The molecule has 26 heavy (non-hydrogen) atoms. The third-order valence-corrected chi connectivity index (χ3v) is 4.28. The minimum absolute atomic E-state index is 0.142. The number of ketones is 1. The number of ether oxygens (including phenoxy) is 2. The molecule has 0 N–H and O–H groups in total. The molecule has 1 aliphatic heterocycles. The Kier molecular flexibility index (Phi) is 4.82. The van der Waals surface area contributed by atoms with Crippen LogP contribution in [0, 0.1) is 5.41 Å². The smallest absolute Gasteiger partial charge is 0.316 e. The molecule has 0 bridgehead atoms. The number of allylic oxidation sites excluding steroid dienone is 1. The van der Waals surface area contributed by atoms with Gasteiger partial charge >= 0.3 is 5.97 Å². The van der Waals surface area contributed by atoms with Gasteiger partial charge in [0.25, 0.3) is 0 Å². The molecule has 1 heterocycles. The van der Waals surface area contributed by atoms with Crippen molar-refractivity contribution < 1.29 is 19.1 Å². The van der Waals surface area contributed by atoms with Crippen molar-refractivity contribution in [1.82, 2.24) is 0 Å². The maximum absolute atomic E-state index is 12.5. The molecule has 2 aromatic rings. The molecule has 1 aliphatic rings. The van der Waals surface area contributed by atoms with E-state index < -0.39 is 5.41 Å². The van der Waals surface area contributed by atoms with Crippen LogP contribution in [0.1, 0.15) is 36.7 Å². The summed E-state index contributed by atoms with van der Waals surface area (Å²) < 4.78 is 11.0. The first-order valence-corrected chi connectivity index (χ1v) is 8.66. The summed E-state index contributed by atoms with van der Waals surface area (Å²) in [6, 6.07) is 9.65. The summed E-state index contributed by atoms with van der Waals surface area (Å²) in [4.78, 5) is 24.5. The zero-order valence-corrected chi connectivity index (χ0v) is 15.9. The second-order valence-corrected chi connectivity index (χ2v) is 7.75. The Labute approximate surface area is 161 Å². The van der Waals surface area contributed by atoms with Crippen LogP contribution in [0.2, 0.25) is 10.0 Å². The maximum Gasteiger partial charge on any atom is 0.316 e. The molecule has 0 saturated carbocycles. The number of esters is 1. The second-order valence-electron chi connectivity index (χ2n) is 6.90. The van der Waals surface area contributed by atoms with Crippen LogP contribution in [0.5, 0.6) is 11.5 Å². The summed E-state index contributed by atoms with van der Waals surface area (Å²) in [6.07, 6.45) is 1.56. The highest BCUT2D eigenvalue weighted by Crippen LogP contribution is 2.36. The monoisotopic (exact) mass is 390 g/mol. The molecule has 0 radical (unpaired) electrons. The number of fused-ring (bicyclic) bond motifs is 1. The van der Waals surface area contributed by atoms with Crippen LogP contribution in [0.15, 0.2) is 42.2 Å². The number of rotatable bonds is 2. The van der Waals surface area contributed by atoms with Crippen molar-refractivity contribution in [2.75, 3.05) is 0 Å². The molecule has 0 amide bonds. The number of hydrogen-bond donors (Lipinski definition) is 0. The van der Waals surface area contributed by atoms with Crippen LogP contribution >= 0.6 is 23.2 Å². The number of benzene rings is 2. The number of hydrogen-bond acceptors (Lipinski definition) is 4. The number of Topliss-reactive ketones (excluding diaryl/α,β-unsaturated/α-hetero) is 1. The Bertz CT molecular complexity index is 939. The largest absolute Gasteiger partial charge is 0.452 e. The molecule has 4 nitrogen and oxygen atoms in total. The SMILES string of the molecule is CC(C)(C)C(=O)Oc1ccc2c(c1)O/C(=C\c1ccc(Cl)cc1Cl)C2=O. The molecule has 0 atom stereocenters. The molecule has 3 rings (SSSR count). The molecule has 0 fully saturated rings. The van der Waals surface area contributed by atoms with Crippen LogP contribution in [0.3, 0.4) is 0 Å². The topological polar surface area (TPSA) is 52.6 Å². The van der Waals surface area contributed by atoms with E-state index in [4.69, 9.17) is 32.7 Å². The molecule has 0 spiro atoms. The maximum atomic E-state index is 12.5. The Morgan fingerprint density at radius 2 is 1.85 bits per heavy atom. The second kappa shape index (κ2) is 6.78. The van der Waals surface area contributed by atoms with Gasteiger partial charge < -0.3 is 9.47 Å². The van der Waals surface area contributed by atoms with Crippen LogP contribution < -0.4 is 9.47 Å². The van der Waals surface area contributed by atoms with Crippen LogP contribution in [0.25, 0.3) is 6.08 Å². The van der Waals surface area contributed by atoms with Crippen molar-refractivity contribution in [2.24, 2.45) is 5.41 Å². The van der Waals surface area contributed by atoms with E-state index >= 15 is 0 Å². The van der Waals surface area contributed by atoms with Gasteiger partial charge in [-0.3, -0.25) is 9.59 Å². The molecular weight excluding hydrogens is 375 g/mol. The van der Waals surface area contributed by atoms with Gasteiger partial charge in [0.05, 0.1) is 11.0 Å². The van der Waals surface area contributed by atoms with Gasteiger partial charge in [-0.1, -0.05) is 29.3 Å². The van der Waals surface area contributed by atoms with Gasteiger partial charge in [-0.25, -0.2) is 0 Å². The molecule has 0 saturated heterocycles. The van der Waals surface area contributed by atoms with E-state index in [0.717, 1.165) is 0 Å². The van der Waals surface area contributed by atoms with Gasteiger partial charge in [-0.05, 0) is 56.7 Å². The number of halogens is 2. The van der Waals surface area contributed by atoms with Crippen LogP contribution in [-0.2, 0) is 4.79 Å². The number of carbonyl (C=O) groups is 2. The zero-order chi connectivity index (χ0) is 19.1. The van der Waals surface area contributed by atoms with Crippen molar-refractivity contribution in [2.45, 2.75) is 20.8 Å². The minimum Gasteiger partial charge on any atom is -0.452 e. The average Bonchev–Trinajstić information content (AvgIpc) is 2.85. The molecule has 6 heteroatoms. The fourth-order valence-corrected chi connectivity index (χ4v) is 2.71. The standard InChI is InChI=1S/C20H16Cl2O4/c1-20(2,3)19(24)25-13-6-7-14-16(10-13)26-17(18(14)23)8-11-4-5-12(21)9-15(11)22/h4-10H,1-3H3/b17-8-. The lowest BCUT2D eigenvalue weighted by Gasteiger charge is -2.16. The summed E-state index contributed by atoms with van der Waals surface area (Å²) in [7, 11) is 0. The molecule has 2 aromatic carbocycles. The van der Waals surface area contributed by atoms with Gasteiger partial charge in [0, 0.05) is 16.1 Å². The summed E-state index contributed by atoms with van der Waals surface area (Å²) in [5.41, 5.74) is 0.384. The van der Waals surface area contributed by atoms with E-state index in [-0.39, 0.29) is 17.5 Å². The highest BCUT2D eigenvalue weighted by atomic mass is 35.5. The first kappa shape index (κ1) is 18.5. The Morgan fingerprint density at radius 1 is 1.12 bits per heavy atom. The van der Waals surface area contributed by atoms with Gasteiger partial charge in [-0.2, -0.15) is 0 Å². The first-order valence-electron chi connectivity index (χ1n) is 7.91. The van der Waals surface area contributed by atoms with Crippen LogP contribution in [0.4, 0.5) is 0 Å². The predicted molar refractivity (Wildman–Crippen MR) is 101 cm³/mol. The molecular formula is C20H16Cl2O4. The minimum atomic E-state index is -0.633. The lowest BCUT2D eigenvalue weighted by atomic mass is 9.97. The van der Waals surface area contributed by atoms with Crippen LogP contribution in [-0.4, -0.2) is 11.8 Å². The lowest BCUT2D eigenvalue weighted by Crippen LogP contribution is -2.25. The highest BCUT2D eigenvalue weighted by Gasteiger charge is 2.29. The summed E-state index contributed by atoms with van der Waals surface area (Å²) in [6.45, 7) is 5.29. The fraction of sp³-hybridized carbons (Fsp3) is 0.200. The molecule has 134 valence electrons. The van der Waals surface area contributed by atoms with E-state index in [1.54, 1.807) is 57.2 Å². The van der Waals surface area contributed by atoms with Crippen molar-refractivity contribution in [3.8, 4) is 11.5 Å². The van der Waals surface area contributed by atoms with Crippen molar-refractivity contribution >= 4 is 41.0 Å². The Morgan fingerprint density at radius 3 is 2.50 bits per heavy atom. The van der Waals surface area contributed by atoms with E-state index in [0.29, 0.717) is 32.7 Å².